The Hall–Kier alpha value is -2.69. The Labute approximate surface area is 107 Å². The molecule has 3 heterocycles. The van der Waals surface area contributed by atoms with Crippen molar-refractivity contribution in [3.05, 3.63) is 46.9 Å². The van der Waals surface area contributed by atoms with E-state index in [2.05, 4.69) is 15.2 Å². The van der Waals surface area contributed by atoms with Gasteiger partial charge in [0, 0.05) is 24.0 Å². The van der Waals surface area contributed by atoms with Gasteiger partial charge in [-0.2, -0.15) is 0 Å². The fraction of sp³-hybridized carbons (Fsp3) is 0.0714. The van der Waals surface area contributed by atoms with E-state index in [0.717, 1.165) is 27.5 Å². The summed E-state index contributed by atoms with van der Waals surface area (Å²) in [4.78, 5) is 15.6. The number of aromatic nitrogens is 4. The first kappa shape index (κ1) is 10.3. The van der Waals surface area contributed by atoms with Crippen LogP contribution in [0.25, 0.3) is 32.8 Å². The average molecular weight is 250 g/mol. The van der Waals surface area contributed by atoms with Crippen molar-refractivity contribution in [1.82, 2.24) is 19.7 Å². The highest BCUT2D eigenvalue weighted by molar-refractivity contribution is 6.14. The molecule has 1 aromatic carbocycles. The number of nitrogens with zero attached hydrogens (tertiary/aromatic N) is 3. The molecule has 19 heavy (non-hydrogen) atoms. The monoisotopic (exact) mass is 250 g/mol. The highest BCUT2D eigenvalue weighted by Crippen LogP contribution is 2.25. The first-order valence-corrected chi connectivity index (χ1v) is 5.98. The molecule has 92 valence electrons. The van der Waals surface area contributed by atoms with Crippen molar-refractivity contribution >= 4 is 32.8 Å². The SMILES string of the molecule is Cn1c(=O)c2ccccc2c2nnc3cc[nH]c1c32. The van der Waals surface area contributed by atoms with E-state index in [9.17, 15) is 4.79 Å². The third kappa shape index (κ3) is 1.21. The lowest BCUT2D eigenvalue weighted by Crippen LogP contribution is -2.14. The minimum absolute atomic E-state index is 0.0441. The smallest absolute Gasteiger partial charge is 0.259 e. The number of rotatable bonds is 0. The summed E-state index contributed by atoms with van der Waals surface area (Å²) in [5.41, 5.74) is 2.24. The van der Waals surface area contributed by atoms with Gasteiger partial charge in [0.1, 0.15) is 16.7 Å². The molecule has 0 aliphatic heterocycles. The lowest BCUT2D eigenvalue weighted by Gasteiger charge is -1.98. The van der Waals surface area contributed by atoms with E-state index >= 15 is 0 Å². The van der Waals surface area contributed by atoms with Crippen molar-refractivity contribution in [3.8, 4) is 0 Å². The van der Waals surface area contributed by atoms with Crippen LogP contribution in [0.4, 0.5) is 0 Å². The number of nitrogens with one attached hydrogen (secondary N) is 1. The van der Waals surface area contributed by atoms with E-state index in [1.807, 2.05) is 30.3 Å². The van der Waals surface area contributed by atoms with Crippen LogP contribution in [0.5, 0.6) is 0 Å². The highest BCUT2D eigenvalue weighted by Gasteiger charge is 2.13. The molecule has 0 saturated carbocycles. The normalized spacial score (nSPS) is 11.6. The number of hydrogen-bond donors (Lipinski definition) is 1. The molecular formula is C14H10N4O. The molecule has 0 bridgehead atoms. The average Bonchev–Trinajstić information content (AvgIpc) is 2.86. The Morgan fingerprint density at radius 1 is 1.11 bits per heavy atom. The van der Waals surface area contributed by atoms with Gasteiger partial charge in [-0.15, -0.1) is 10.2 Å². The van der Waals surface area contributed by atoms with Crippen molar-refractivity contribution in [2.24, 2.45) is 7.05 Å². The number of hydrogen-bond acceptors (Lipinski definition) is 3. The zero-order valence-electron chi connectivity index (χ0n) is 10.2. The number of H-pyrrole nitrogens is 1. The van der Waals surface area contributed by atoms with Gasteiger partial charge < -0.3 is 4.98 Å². The largest absolute Gasteiger partial charge is 0.347 e. The molecule has 3 aromatic heterocycles. The van der Waals surface area contributed by atoms with Crippen molar-refractivity contribution in [2.75, 3.05) is 0 Å². The maximum Gasteiger partial charge on any atom is 0.259 e. The summed E-state index contributed by atoms with van der Waals surface area (Å²) in [6, 6.07) is 9.36. The summed E-state index contributed by atoms with van der Waals surface area (Å²) in [5, 5.41) is 10.8. The fourth-order valence-electron chi connectivity index (χ4n) is 2.56. The third-order valence-corrected chi connectivity index (χ3v) is 3.50. The topological polar surface area (TPSA) is 63.6 Å². The number of fused-ring (bicyclic) bond motifs is 2. The second-order valence-corrected chi connectivity index (χ2v) is 4.54. The zero-order chi connectivity index (χ0) is 13.0. The van der Waals surface area contributed by atoms with Gasteiger partial charge in [0.15, 0.2) is 0 Å². The highest BCUT2D eigenvalue weighted by atomic mass is 16.1. The van der Waals surface area contributed by atoms with Gasteiger partial charge in [-0.25, -0.2) is 0 Å². The molecule has 0 atom stereocenters. The lowest BCUT2D eigenvalue weighted by molar-refractivity contribution is 0.903. The van der Waals surface area contributed by atoms with E-state index in [-0.39, 0.29) is 5.56 Å². The number of aromatic amines is 1. The molecule has 5 nitrogen and oxygen atoms in total. The Balaban J connectivity index is 2.55. The molecular weight excluding hydrogens is 240 g/mol. The first-order chi connectivity index (χ1) is 9.27. The first-order valence-electron chi connectivity index (χ1n) is 5.98. The molecule has 4 aromatic rings. The quantitative estimate of drug-likeness (QED) is 0.519. The van der Waals surface area contributed by atoms with Gasteiger partial charge in [-0.1, -0.05) is 18.2 Å². The number of aryl methyl sites for hydroxylation is 1. The second kappa shape index (κ2) is 3.41. The fourth-order valence-corrected chi connectivity index (χ4v) is 2.56. The molecule has 0 aliphatic carbocycles. The molecule has 0 saturated heterocycles. The van der Waals surface area contributed by atoms with Gasteiger partial charge in [0.05, 0.1) is 5.39 Å². The minimum atomic E-state index is -0.0441. The van der Waals surface area contributed by atoms with E-state index in [1.54, 1.807) is 17.8 Å². The Morgan fingerprint density at radius 3 is 2.74 bits per heavy atom. The van der Waals surface area contributed by atoms with Crippen molar-refractivity contribution in [2.45, 2.75) is 0 Å². The van der Waals surface area contributed by atoms with Crippen LogP contribution in [-0.4, -0.2) is 19.7 Å². The summed E-state index contributed by atoms with van der Waals surface area (Å²) in [6.07, 6.45) is 1.77. The van der Waals surface area contributed by atoms with Crippen LogP contribution in [0, 0.1) is 0 Å². The minimum Gasteiger partial charge on any atom is -0.347 e. The molecule has 0 spiro atoms. The van der Waals surface area contributed by atoms with E-state index in [0.29, 0.717) is 5.39 Å². The van der Waals surface area contributed by atoms with Crippen LogP contribution in [0.3, 0.4) is 0 Å². The Morgan fingerprint density at radius 2 is 1.89 bits per heavy atom. The number of pyridine rings is 1. The standard InChI is InChI=1S/C14H10N4O/c1-18-13-11-10(6-7-15-13)16-17-12(11)8-4-2-3-5-9(8)14(18)19/h2-7,15H,1H3. The van der Waals surface area contributed by atoms with Crippen LogP contribution in [-0.2, 0) is 7.05 Å². The van der Waals surface area contributed by atoms with E-state index in [4.69, 9.17) is 0 Å². The Kier molecular flexibility index (Phi) is 1.84. The predicted molar refractivity (Wildman–Crippen MR) is 74.1 cm³/mol. The predicted octanol–water partition coefficient (Wildman–Crippen LogP) is 1.96. The summed E-state index contributed by atoms with van der Waals surface area (Å²) in [7, 11) is 1.76. The summed E-state index contributed by atoms with van der Waals surface area (Å²) in [6.45, 7) is 0. The molecule has 4 rings (SSSR count). The van der Waals surface area contributed by atoms with Gasteiger partial charge in [-0.05, 0) is 12.1 Å². The van der Waals surface area contributed by atoms with Gasteiger partial charge in [0.2, 0.25) is 0 Å². The maximum absolute atomic E-state index is 12.5. The van der Waals surface area contributed by atoms with Gasteiger partial charge >= 0.3 is 0 Å². The van der Waals surface area contributed by atoms with E-state index in [1.165, 1.54) is 0 Å². The van der Waals surface area contributed by atoms with Crippen LogP contribution < -0.4 is 5.56 Å². The molecule has 0 unspecified atom stereocenters. The third-order valence-electron chi connectivity index (χ3n) is 3.50. The molecule has 0 fully saturated rings. The molecule has 0 aliphatic rings. The number of benzene rings is 1. The van der Waals surface area contributed by atoms with Crippen molar-refractivity contribution < 1.29 is 0 Å². The van der Waals surface area contributed by atoms with Crippen LogP contribution in [0.1, 0.15) is 0 Å². The van der Waals surface area contributed by atoms with Gasteiger partial charge in [-0.3, -0.25) is 9.36 Å². The molecule has 0 radical (unpaired) electrons. The zero-order valence-corrected chi connectivity index (χ0v) is 10.2. The van der Waals surface area contributed by atoms with Crippen LogP contribution in [0.15, 0.2) is 41.3 Å². The van der Waals surface area contributed by atoms with Crippen molar-refractivity contribution in [1.29, 1.82) is 0 Å². The summed E-state index contributed by atoms with van der Waals surface area (Å²) >= 11 is 0. The van der Waals surface area contributed by atoms with Crippen LogP contribution >= 0.6 is 0 Å². The molecule has 5 heteroatoms. The van der Waals surface area contributed by atoms with Crippen LogP contribution in [0.2, 0.25) is 0 Å². The lowest BCUT2D eigenvalue weighted by atomic mass is 10.1. The summed E-state index contributed by atoms with van der Waals surface area (Å²) in [5.74, 6) is 0. The van der Waals surface area contributed by atoms with E-state index < -0.39 is 0 Å². The Bertz CT molecular complexity index is 997. The summed E-state index contributed by atoms with van der Waals surface area (Å²) < 4.78 is 1.61. The van der Waals surface area contributed by atoms with Crippen molar-refractivity contribution in [3.63, 3.8) is 0 Å². The van der Waals surface area contributed by atoms with Gasteiger partial charge in [0.25, 0.3) is 5.56 Å². The molecule has 0 amide bonds. The maximum atomic E-state index is 12.5. The molecule has 1 N–H and O–H groups in total. The second-order valence-electron chi connectivity index (χ2n) is 4.54.